The second kappa shape index (κ2) is 4.83. The lowest BCUT2D eigenvalue weighted by Gasteiger charge is -2.10. The van der Waals surface area contributed by atoms with Crippen molar-refractivity contribution >= 4 is 5.97 Å². The maximum atomic E-state index is 12.9. The molecular weight excluding hydrogens is 279 g/mol. The van der Waals surface area contributed by atoms with Crippen molar-refractivity contribution in [2.75, 3.05) is 0 Å². The highest BCUT2D eigenvalue weighted by Crippen LogP contribution is 2.31. The van der Waals surface area contributed by atoms with E-state index in [1.807, 2.05) is 0 Å². The predicted octanol–water partition coefficient (Wildman–Crippen LogP) is 1.75. The van der Waals surface area contributed by atoms with E-state index in [0.717, 1.165) is 0 Å². The van der Waals surface area contributed by atoms with Crippen molar-refractivity contribution in [2.45, 2.75) is 12.7 Å². The molecule has 0 atom stereocenters. The van der Waals surface area contributed by atoms with E-state index >= 15 is 0 Å². The normalized spacial score (nSPS) is 11.6. The van der Waals surface area contributed by atoms with Crippen LogP contribution in [0.5, 0.6) is 5.75 Å². The Morgan fingerprint density at radius 1 is 1.35 bits per heavy atom. The molecular formula is C11H8F3N3O3. The Morgan fingerprint density at radius 2 is 2.05 bits per heavy atom. The van der Waals surface area contributed by atoms with Gasteiger partial charge in [0.15, 0.2) is 5.69 Å². The summed E-state index contributed by atoms with van der Waals surface area (Å²) in [5.74, 6) is -1.92. The highest BCUT2D eigenvalue weighted by atomic mass is 19.4. The van der Waals surface area contributed by atoms with Crippen LogP contribution in [-0.4, -0.2) is 31.2 Å². The summed E-state index contributed by atoms with van der Waals surface area (Å²) in [7, 11) is 0. The number of aromatic nitrogens is 3. The summed E-state index contributed by atoms with van der Waals surface area (Å²) < 4.78 is 39.1. The van der Waals surface area contributed by atoms with Crippen LogP contribution in [-0.2, 0) is 12.7 Å². The first-order chi connectivity index (χ1) is 9.29. The lowest BCUT2D eigenvalue weighted by atomic mass is 10.2. The van der Waals surface area contributed by atoms with Crippen molar-refractivity contribution in [1.29, 1.82) is 0 Å². The van der Waals surface area contributed by atoms with E-state index in [2.05, 4.69) is 10.3 Å². The third-order valence-corrected chi connectivity index (χ3v) is 2.45. The number of hydrogen-bond acceptors (Lipinski definition) is 4. The number of rotatable bonds is 3. The summed E-state index contributed by atoms with van der Waals surface area (Å²) in [5, 5.41) is 24.2. The Balaban J connectivity index is 2.45. The average Bonchev–Trinajstić information content (AvgIpc) is 2.72. The van der Waals surface area contributed by atoms with Crippen LogP contribution in [0.15, 0.2) is 24.3 Å². The number of carboxylic acids is 1. The molecule has 0 unspecified atom stereocenters. The van der Waals surface area contributed by atoms with Gasteiger partial charge in [0.1, 0.15) is 5.75 Å². The predicted molar refractivity (Wildman–Crippen MR) is 59.2 cm³/mol. The molecule has 106 valence electrons. The molecule has 9 heteroatoms. The van der Waals surface area contributed by atoms with Crippen LogP contribution < -0.4 is 0 Å². The molecule has 2 N–H and O–H groups in total. The second-order valence-corrected chi connectivity index (χ2v) is 3.92. The number of hydrogen-bond donors (Lipinski definition) is 2. The molecule has 0 aliphatic rings. The van der Waals surface area contributed by atoms with Crippen molar-refractivity contribution in [3.8, 4) is 5.75 Å². The van der Waals surface area contributed by atoms with E-state index in [-0.39, 0.29) is 12.3 Å². The molecule has 0 radical (unpaired) electrons. The summed E-state index contributed by atoms with van der Waals surface area (Å²) in [6.07, 6.45) is -4.89. The van der Waals surface area contributed by atoms with Gasteiger partial charge in [0, 0.05) is 0 Å². The number of phenolic OH excluding ortho intramolecular Hbond substituents is 1. The lowest BCUT2D eigenvalue weighted by Crippen LogP contribution is -2.18. The minimum Gasteiger partial charge on any atom is -0.508 e. The number of phenols is 1. The SMILES string of the molecule is O=C(O)c1nnn(Cc2cccc(O)c2)c1C(F)(F)F. The third-order valence-electron chi connectivity index (χ3n) is 2.45. The maximum Gasteiger partial charge on any atom is 0.435 e. The van der Waals surface area contributed by atoms with Crippen LogP contribution in [0, 0.1) is 0 Å². The summed E-state index contributed by atoms with van der Waals surface area (Å²) in [4.78, 5) is 10.7. The Bertz CT molecular complexity index is 652. The van der Waals surface area contributed by atoms with E-state index in [9.17, 15) is 23.1 Å². The molecule has 0 bridgehead atoms. The van der Waals surface area contributed by atoms with Crippen LogP contribution in [0.4, 0.5) is 13.2 Å². The number of nitrogens with zero attached hydrogens (tertiary/aromatic N) is 3. The summed E-state index contributed by atoms with van der Waals surface area (Å²) in [6.45, 7) is -0.358. The number of aromatic hydroxyl groups is 1. The largest absolute Gasteiger partial charge is 0.508 e. The molecule has 1 aromatic heterocycles. The first-order valence-electron chi connectivity index (χ1n) is 5.31. The van der Waals surface area contributed by atoms with Crippen LogP contribution in [0.2, 0.25) is 0 Å². The van der Waals surface area contributed by atoms with Gasteiger partial charge in [-0.1, -0.05) is 17.3 Å². The van der Waals surface area contributed by atoms with Crippen molar-refractivity contribution in [1.82, 2.24) is 15.0 Å². The summed E-state index contributed by atoms with van der Waals surface area (Å²) >= 11 is 0. The summed E-state index contributed by atoms with van der Waals surface area (Å²) in [6, 6.07) is 5.54. The van der Waals surface area contributed by atoms with Crippen molar-refractivity contribution < 1.29 is 28.2 Å². The van der Waals surface area contributed by atoms with Gasteiger partial charge in [0.25, 0.3) is 0 Å². The number of halogens is 3. The molecule has 1 aromatic carbocycles. The van der Waals surface area contributed by atoms with Crippen LogP contribution in [0.1, 0.15) is 21.7 Å². The zero-order chi connectivity index (χ0) is 14.9. The minimum absolute atomic E-state index is 0.116. The van der Waals surface area contributed by atoms with E-state index in [1.165, 1.54) is 24.3 Å². The van der Waals surface area contributed by atoms with Crippen LogP contribution >= 0.6 is 0 Å². The van der Waals surface area contributed by atoms with Gasteiger partial charge in [-0.25, -0.2) is 9.48 Å². The first-order valence-corrected chi connectivity index (χ1v) is 5.31. The number of carbonyl (C=O) groups is 1. The van der Waals surface area contributed by atoms with Crippen molar-refractivity contribution in [3.63, 3.8) is 0 Å². The van der Waals surface area contributed by atoms with Gasteiger partial charge >= 0.3 is 12.1 Å². The smallest absolute Gasteiger partial charge is 0.435 e. The molecule has 0 aliphatic heterocycles. The van der Waals surface area contributed by atoms with Gasteiger partial charge in [-0.05, 0) is 17.7 Å². The Labute approximate surface area is 110 Å². The van der Waals surface area contributed by atoms with E-state index in [4.69, 9.17) is 5.11 Å². The molecule has 0 saturated carbocycles. The fraction of sp³-hybridized carbons (Fsp3) is 0.182. The molecule has 6 nitrogen and oxygen atoms in total. The van der Waals surface area contributed by atoms with Gasteiger partial charge in [0.2, 0.25) is 5.69 Å². The van der Waals surface area contributed by atoms with E-state index < -0.39 is 23.5 Å². The van der Waals surface area contributed by atoms with Gasteiger partial charge in [0.05, 0.1) is 6.54 Å². The quantitative estimate of drug-likeness (QED) is 0.897. The molecule has 0 saturated heterocycles. The molecule has 0 aliphatic carbocycles. The monoisotopic (exact) mass is 287 g/mol. The number of carboxylic acid groups (broad SMARTS) is 1. The highest BCUT2D eigenvalue weighted by Gasteiger charge is 2.41. The van der Waals surface area contributed by atoms with Gasteiger partial charge in [-0.2, -0.15) is 13.2 Å². The molecule has 0 amide bonds. The molecule has 2 aromatic rings. The van der Waals surface area contributed by atoms with E-state index in [0.29, 0.717) is 10.2 Å². The van der Waals surface area contributed by atoms with Crippen molar-refractivity contribution in [2.24, 2.45) is 0 Å². The standard InChI is InChI=1S/C11H8F3N3O3/c12-11(13,14)9-8(10(19)20)15-16-17(9)5-6-2-1-3-7(18)4-6/h1-4,18H,5H2,(H,19,20). The molecule has 0 spiro atoms. The van der Waals surface area contributed by atoms with Gasteiger partial charge < -0.3 is 10.2 Å². The highest BCUT2D eigenvalue weighted by molar-refractivity contribution is 5.86. The molecule has 0 fully saturated rings. The number of benzene rings is 1. The fourth-order valence-electron chi connectivity index (χ4n) is 1.68. The molecule has 1 heterocycles. The number of alkyl halides is 3. The van der Waals surface area contributed by atoms with Crippen LogP contribution in [0.3, 0.4) is 0 Å². The molecule has 20 heavy (non-hydrogen) atoms. The zero-order valence-corrected chi connectivity index (χ0v) is 9.79. The second-order valence-electron chi connectivity index (χ2n) is 3.92. The first kappa shape index (κ1) is 13.8. The van der Waals surface area contributed by atoms with Gasteiger partial charge in [-0.15, -0.1) is 5.10 Å². The Hall–Kier alpha value is -2.58. The van der Waals surface area contributed by atoms with Crippen LogP contribution in [0.25, 0.3) is 0 Å². The Morgan fingerprint density at radius 3 is 2.60 bits per heavy atom. The summed E-state index contributed by atoms with van der Waals surface area (Å²) in [5.41, 5.74) is -2.26. The number of aromatic carboxylic acids is 1. The maximum absolute atomic E-state index is 12.9. The average molecular weight is 287 g/mol. The lowest BCUT2D eigenvalue weighted by molar-refractivity contribution is -0.144. The fourth-order valence-corrected chi connectivity index (χ4v) is 1.68. The Kier molecular flexibility index (Phi) is 3.35. The minimum atomic E-state index is -4.89. The van der Waals surface area contributed by atoms with E-state index in [1.54, 1.807) is 0 Å². The van der Waals surface area contributed by atoms with Gasteiger partial charge in [-0.3, -0.25) is 0 Å². The third kappa shape index (κ3) is 2.71. The zero-order valence-electron chi connectivity index (χ0n) is 9.79. The molecule has 2 rings (SSSR count). The topological polar surface area (TPSA) is 88.2 Å². The van der Waals surface area contributed by atoms with Crippen molar-refractivity contribution in [3.05, 3.63) is 41.2 Å².